The zero-order valence-electron chi connectivity index (χ0n) is 8.83. The highest BCUT2D eigenvalue weighted by Crippen LogP contribution is 2.30. The first-order valence-electron chi connectivity index (χ1n) is 4.63. The Morgan fingerprint density at radius 2 is 2.29 bits per heavy atom. The predicted molar refractivity (Wildman–Crippen MR) is 56.7 cm³/mol. The Bertz CT molecular complexity index is 554. The van der Waals surface area contributed by atoms with E-state index in [1.165, 1.54) is 36.5 Å². The first-order valence-corrected chi connectivity index (χ1v) is 4.63. The Morgan fingerprint density at radius 3 is 2.82 bits per heavy atom. The van der Waals surface area contributed by atoms with Crippen LogP contribution in [0.15, 0.2) is 30.9 Å². The molecule has 1 heterocycles. The number of ether oxygens (including phenoxy) is 1. The Kier molecular flexibility index (Phi) is 2.73. The van der Waals surface area contributed by atoms with Gasteiger partial charge in [-0.15, -0.1) is 0 Å². The molecule has 0 atom stereocenters. The lowest BCUT2D eigenvalue weighted by Gasteiger charge is -2.07. The van der Waals surface area contributed by atoms with Crippen LogP contribution in [0.2, 0.25) is 0 Å². The van der Waals surface area contributed by atoms with Gasteiger partial charge in [-0.05, 0) is 0 Å². The molecule has 0 saturated carbocycles. The van der Waals surface area contributed by atoms with E-state index in [1.54, 1.807) is 0 Å². The number of imidazole rings is 1. The molecule has 0 saturated heterocycles. The van der Waals surface area contributed by atoms with Crippen molar-refractivity contribution in [3.63, 3.8) is 0 Å². The summed E-state index contributed by atoms with van der Waals surface area (Å²) in [7, 11) is 1.36. The molecular weight excluding hydrogens is 229 g/mol. The van der Waals surface area contributed by atoms with Crippen molar-refractivity contribution in [3.05, 3.63) is 46.8 Å². The van der Waals surface area contributed by atoms with Gasteiger partial charge in [-0.3, -0.25) is 14.7 Å². The van der Waals surface area contributed by atoms with Gasteiger partial charge in [0.25, 0.3) is 0 Å². The monoisotopic (exact) mass is 237 g/mol. The average molecular weight is 237 g/mol. The fourth-order valence-electron chi connectivity index (χ4n) is 1.46. The largest absolute Gasteiger partial charge is 0.497 e. The van der Waals surface area contributed by atoms with Crippen molar-refractivity contribution in [1.29, 1.82) is 0 Å². The van der Waals surface area contributed by atoms with Crippen LogP contribution in [0.4, 0.5) is 10.1 Å². The molecule has 7 heteroatoms. The van der Waals surface area contributed by atoms with Gasteiger partial charge in [0.2, 0.25) is 5.82 Å². The molecule has 0 unspecified atom stereocenters. The number of nitro benzene ring substituents is 1. The normalized spacial score (nSPS) is 10.2. The first kappa shape index (κ1) is 11.1. The molecule has 0 spiro atoms. The summed E-state index contributed by atoms with van der Waals surface area (Å²) in [6.07, 6.45) is 4.28. The van der Waals surface area contributed by atoms with Crippen LogP contribution in [-0.2, 0) is 0 Å². The molecule has 17 heavy (non-hydrogen) atoms. The lowest BCUT2D eigenvalue weighted by Crippen LogP contribution is -2.02. The van der Waals surface area contributed by atoms with Gasteiger partial charge in [-0.1, -0.05) is 0 Å². The topological polar surface area (TPSA) is 70.2 Å². The lowest BCUT2D eigenvalue weighted by molar-refractivity contribution is -0.387. The number of nitrogens with zero attached hydrogens (tertiary/aromatic N) is 3. The Balaban J connectivity index is 2.70. The second kappa shape index (κ2) is 4.20. The predicted octanol–water partition coefficient (Wildman–Crippen LogP) is 1.93. The Morgan fingerprint density at radius 1 is 1.53 bits per heavy atom. The molecule has 0 amide bonds. The third-order valence-electron chi connectivity index (χ3n) is 2.22. The molecule has 6 nitrogen and oxygen atoms in total. The summed E-state index contributed by atoms with van der Waals surface area (Å²) in [5.41, 5.74) is -0.534. The number of halogens is 1. The SMILES string of the molecule is COc1cc(F)c([N+](=O)[O-])c(-n2ccnc2)c1. The van der Waals surface area contributed by atoms with E-state index < -0.39 is 16.4 Å². The standard InChI is InChI=1S/C10H8FN3O3/c1-17-7-4-8(11)10(14(15)16)9(5-7)13-3-2-12-6-13/h2-6H,1H3. The molecule has 1 aromatic heterocycles. The van der Waals surface area contributed by atoms with Crippen LogP contribution >= 0.6 is 0 Å². The third kappa shape index (κ3) is 1.94. The van der Waals surface area contributed by atoms with Gasteiger partial charge >= 0.3 is 5.69 Å². The number of hydrogen-bond acceptors (Lipinski definition) is 4. The molecule has 88 valence electrons. The van der Waals surface area contributed by atoms with Crippen molar-refractivity contribution in [2.75, 3.05) is 7.11 Å². The Hall–Kier alpha value is -2.44. The smallest absolute Gasteiger partial charge is 0.328 e. The van der Waals surface area contributed by atoms with E-state index in [-0.39, 0.29) is 11.4 Å². The number of hydrogen-bond donors (Lipinski definition) is 0. The quantitative estimate of drug-likeness (QED) is 0.604. The van der Waals surface area contributed by atoms with E-state index in [4.69, 9.17) is 4.74 Å². The third-order valence-corrected chi connectivity index (χ3v) is 2.22. The zero-order chi connectivity index (χ0) is 12.4. The number of nitro groups is 1. The van der Waals surface area contributed by atoms with Crippen molar-refractivity contribution < 1.29 is 14.1 Å². The molecule has 0 fully saturated rings. The summed E-state index contributed by atoms with van der Waals surface area (Å²) in [4.78, 5) is 13.8. The molecule has 2 aromatic rings. The Labute approximate surface area is 95.4 Å². The average Bonchev–Trinajstić information content (AvgIpc) is 2.80. The van der Waals surface area contributed by atoms with Gasteiger partial charge in [0.05, 0.1) is 18.4 Å². The lowest BCUT2D eigenvalue weighted by atomic mass is 10.2. The molecule has 0 bridgehead atoms. The van der Waals surface area contributed by atoms with E-state index in [2.05, 4.69) is 4.98 Å². The molecule has 0 aliphatic carbocycles. The van der Waals surface area contributed by atoms with Crippen LogP contribution < -0.4 is 4.74 Å². The van der Waals surface area contributed by atoms with E-state index in [9.17, 15) is 14.5 Å². The van der Waals surface area contributed by atoms with Crippen molar-refractivity contribution in [2.45, 2.75) is 0 Å². The maximum Gasteiger partial charge on any atom is 0.328 e. The van der Waals surface area contributed by atoms with E-state index in [0.717, 1.165) is 6.07 Å². The molecule has 0 N–H and O–H groups in total. The van der Waals surface area contributed by atoms with Crippen LogP contribution in [0.25, 0.3) is 5.69 Å². The minimum atomic E-state index is -0.946. The summed E-state index contributed by atoms with van der Waals surface area (Å²) in [6.45, 7) is 0. The first-order chi connectivity index (χ1) is 8.13. The molecule has 0 radical (unpaired) electrons. The number of rotatable bonds is 3. The van der Waals surface area contributed by atoms with Crippen molar-refractivity contribution >= 4 is 5.69 Å². The van der Waals surface area contributed by atoms with E-state index >= 15 is 0 Å². The van der Waals surface area contributed by atoms with Gasteiger partial charge in [0.15, 0.2) is 0 Å². The molecule has 2 rings (SSSR count). The van der Waals surface area contributed by atoms with Crippen LogP contribution in [0.3, 0.4) is 0 Å². The summed E-state index contributed by atoms with van der Waals surface area (Å²) < 4.78 is 19.8. The minimum Gasteiger partial charge on any atom is -0.497 e. The number of aromatic nitrogens is 2. The van der Waals surface area contributed by atoms with Gasteiger partial charge < -0.3 is 4.74 Å². The van der Waals surface area contributed by atoms with Crippen molar-refractivity contribution in [1.82, 2.24) is 9.55 Å². The van der Waals surface area contributed by atoms with E-state index in [0.29, 0.717) is 0 Å². The van der Waals surface area contributed by atoms with Gasteiger partial charge in [0, 0.05) is 24.5 Å². The highest BCUT2D eigenvalue weighted by atomic mass is 19.1. The second-order valence-corrected chi connectivity index (χ2v) is 3.20. The summed E-state index contributed by atoms with van der Waals surface area (Å²) in [6, 6.07) is 2.35. The molecule has 1 aromatic carbocycles. The minimum absolute atomic E-state index is 0.0735. The molecular formula is C10H8FN3O3. The highest BCUT2D eigenvalue weighted by Gasteiger charge is 2.23. The fraction of sp³-hybridized carbons (Fsp3) is 0.100. The van der Waals surface area contributed by atoms with Gasteiger partial charge in [-0.2, -0.15) is 4.39 Å². The summed E-state index contributed by atoms with van der Waals surface area (Å²) in [5, 5.41) is 10.8. The van der Waals surface area contributed by atoms with Gasteiger partial charge in [-0.25, -0.2) is 4.98 Å². The number of benzene rings is 1. The summed E-state index contributed by atoms with van der Waals surface area (Å²) >= 11 is 0. The van der Waals surface area contributed by atoms with Crippen molar-refractivity contribution in [2.24, 2.45) is 0 Å². The number of methoxy groups -OCH3 is 1. The molecule has 0 aliphatic rings. The zero-order valence-corrected chi connectivity index (χ0v) is 8.83. The summed E-state index contributed by atoms with van der Waals surface area (Å²) in [5.74, 6) is -0.741. The maximum absolute atomic E-state index is 13.6. The van der Waals surface area contributed by atoms with Crippen molar-refractivity contribution in [3.8, 4) is 11.4 Å². The van der Waals surface area contributed by atoms with Crippen LogP contribution in [0.5, 0.6) is 5.75 Å². The second-order valence-electron chi connectivity index (χ2n) is 3.20. The van der Waals surface area contributed by atoms with Crippen LogP contribution in [-0.4, -0.2) is 21.6 Å². The van der Waals surface area contributed by atoms with Crippen LogP contribution in [0, 0.1) is 15.9 Å². The van der Waals surface area contributed by atoms with Gasteiger partial charge in [0.1, 0.15) is 11.4 Å². The highest BCUT2D eigenvalue weighted by molar-refractivity contribution is 5.57. The van der Waals surface area contributed by atoms with Crippen LogP contribution in [0.1, 0.15) is 0 Å². The fourth-order valence-corrected chi connectivity index (χ4v) is 1.46. The van der Waals surface area contributed by atoms with E-state index in [1.807, 2.05) is 0 Å². The maximum atomic E-state index is 13.6. The molecule has 0 aliphatic heterocycles.